The second-order valence-corrected chi connectivity index (χ2v) is 8.12. The van der Waals surface area contributed by atoms with Crippen LogP contribution in [0.4, 0.5) is 5.82 Å². The molecule has 0 amide bonds. The molecule has 0 aliphatic carbocycles. The van der Waals surface area contributed by atoms with Gasteiger partial charge in [-0.2, -0.15) is 4.31 Å². The number of sulfonamides is 1. The van der Waals surface area contributed by atoms with Crippen LogP contribution in [0.1, 0.15) is 12.8 Å². The Bertz CT molecular complexity index is 794. The van der Waals surface area contributed by atoms with Gasteiger partial charge in [0.15, 0.2) is 5.82 Å². The minimum atomic E-state index is -3.49. The van der Waals surface area contributed by atoms with Gasteiger partial charge in [-0.3, -0.25) is 0 Å². The highest BCUT2D eigenvalue weighted by Gasteiger charge is 2.31. The molecule has 1 unspecified atom stereocenters. The Kier molecular flexibility index (Phi) is 5.19. The molecule has 1 fully saturated rings. The van der Waals surface area contributed by atoms with Crippen molar-refractivity contribution < 1.29 is 13.2 Å². The van der Waals surface area contributed by atoms with Gasteiger partial charge in [-0.05, 0) is 31.0 Å². The zero-order valence-corrected chi connectivity index (χ0v) is 15.2. The quantitative estimate of drug-likeness (QED) is 0.807. The fraction of sp³-hybridized carbons (Fsp3) is 0.412. The van der Waals surface area contributed by atoms with Crippen LogP contribution in [0.25, 0.3) is 0 Å². The van der Waals surface area contributed by atoms with E-state index in [4.69, 9.17) is 4.74 Å². The predicted molar refractivity (Wildman–Crippen MR) is 95.2 cm³/mol. The molecular weight excluding hydrogens is 340 g/mol. The fourth-order valence-corrected chi connectivity index (χ4v) is 4.28. The average Bonchev–Trinajstić information content (AvgIpc) is 2.63. The van der Waals surface area contributed by atoms with Crippen molar-refractivity contribution in [2.24, 2.45) is 0 Å². The summed E-state index contributed by atoms with van der Waals surface area (Å²) >= 11 is 0. The largest absolute Gasteiger partial charge is 0.472 e. The summed E-state index contributed by atoms with van der Waals surface area (Å²) in [6.07, 6.45) is 1.31. The molecule has 25 heavy (non-hydrogen) atoms. The number of rotatable bonds is 5. The summed E-state index contributed by atoms with van der Waals surface area (Å²) < 4.78 is 32.8. The zero-order chi connectivity index (χ0) is 17.9. The van der Waals surface area contributed by atoms with E-state index in [1.807, 2.05) is 25.1 Å². The summed E-state index contributed by atoms with van der Waals surface area (Å²) in [5.41, 5.74) is 0. The number of hydrogen-bond acceptors (Lipinski definition) is 6. The van der Waals surface area contributed by atoms with Gasteiger partial charge in [0.2, 0.25) is 15.9 Å². The van der Waals surface area contributed by atoms with Gasteiger partial charge < -0.3 is 9.64 Å². The second kappa shape index (κ2) is 7.37. The van der Waals surface area contributed by atoms with Crippen LogP contribution in [0.5, 0.6) is 5.88 Å². The lowest BCUT2D eigenvalue weighted by molar-refractivity contribution is 0.123. The van der Waals surface area contributed by atoms with Crippen molar-refractivity contribution in [2.75, 3.05) is 32.1 Å². The van der Waals surface area contributed by atoms with E-state index in [1.54, 1.807) is 36.4 Å². The fourth-order valence-electron chi connectivity index (χ4n) is 2.75. The Morgan fingerprint density at radius 1 is 1.12 bits per heavy atom. The molecule has 0 saturated carbocycles. The van der Waals surface area contributed by atoms with Crippen molar-refractivity contribution in [1.82, 2.24) is 14.5 Å². The van der Waals surface area contributed by atoms with Gasteiger partial charge in [0.1, 0.15) is 6.10 Å². The monoisotopic (exact) mass is 362 g/mol. The summed E-state index contributed by atoms with van der Waals surface area (Å²) in [5.74, 6) is 1.15. The van der Waals surface area contributed by atoms with Crippen molar-refractivity contribution in [2.45, 2.75) is 23.8 Å². The molecule has 8 heteroatoms. The molecule has 3 rings (SSSR count). The van der Waals surface area contributed by atoms with Gasteiger partial charge in [0, 0.05) is 26.7 Å². The van der Waals surface area contributed by atoms with E-state index in [1.165, 1.54) is 4.31 Å². The summed E-state index contributed by atoms with van der Waals surface area (Å²) in [6.45, 7) is 0.816. The first kappa shape index (κ1) is 17.6. The third kappa shape index (κ3) is 4.08. The third-order valence-corrected chi connectivity index (χ3v) is 5.97. The van der Waals surface area contributed by atoms with E-state index in [0.717, 1.165) is 18.7 Å². The van der Waals surface area contributed by atoms with Crippen molar-refractivity contribution in [3.05, 3.63) is 42.5 Å². The molecular formula is C17H22N4O3S. The molecule has 134 valence electrons. The van der Waals surface area contributed by atoms with E-state index < -0.39 is 10.0 Å². The van der Waals surface area contributed by atoms with Crippen LogP contribution in [0.2, 0.25) is 0 Å². The lowest BCUT2D eigenvalue weighted by atomic mass is 10.1. The molecule has 0 N–H and O–H groups in total. The van der Waals surface area contributed by atoms with Gasteiger partial charge in [-0.15, -0.1) is 10.2 Å². The van der Waals surface area contributed by atoms with Crippen LogP contribution < -0.4 is 9.64 Å². The maximum atomic E-state index is 12.7. The number of anilines is 1. The summed E-state index contributed by atoms with van der Waals surface area (Å²) in [6, 6.07) is 12.1. The molecule has 1 atom stereocenters. The molecule has 0 bridgehead atoms. The lowest BCUT2D eigenvalue weighted by Gasteiger charge is -2.31. The van der Waals surface area contributed by atoms with Crippen LogP contribution in [0, 0.1) is 0 Å². The number of benzene rings is 1. The molecule has 1 aliphatic heterocycles. The van der Waals surface area contributed by atoms with Crippen LogP contribution in [-0.4, -0.2) is 56.2 Å². The molecule has 1 aliphatic rings. The normalized spacial score (nSPS) is 18.7. The van der Waals surface area contributed by atoms with Crippen LogP contribution >= 0.6 is 0 Å². The molecule has 2 aromatic rings. The Balaban J connectivity index is 1.69. The van der Waals surface area contributed by atoms with Gasteiger partial charge in [-0.25, -0.2) is 8.42 Å². The molecule has 1 aromatic carbocycles. The topological polar surface area (TPSA) is 75.6 Å². The first-order valence-electron chi connectivity index (χ1n) is 8.20. The smallest absolute Gasteiger partial charge is 0.243 e. The maximum Gasteiger partial charge on any atom is 0.243 e. The van der Waals surface area contributed by atoms with E-state index in [0.29, 0.717) is 23.9 Å². The minimum absolute atomic E-state index is 0.230. The Labute approximate surface area is 148 Å². The SMILES string of the molecule is CN(C)c1ccc(OC2CCCN(S(=O)(=O)c3ccccc3)C2)nn1. The molecule has 0 radical (unpaired) electrons. The summed E-state index contributed by atoms with van der Waals surface area (Å²) in [4.78, 5) is 2.16. The summed E-state index contributed by atoms with van der Waals surface area (Å²) in [7, 11) is 0.279. The van der Waals surface area contributed by atoms with Gasteiger partial charge in [-0.1, -0.05) is 18.2 Å². The van der Waals surface area contributed by atoms with Crippen LogP contribution in [0.15, 0.2) is 47.4 Å². The second-order valence-electron chi connectivity index (χ2n) is 6.18. The van der Waals surface area contributed by atoms with E-state index >= 15 is 0 Å². The van der Waals surface area contributed by atoms with Crippen molar-refractivity contribution in [3.63, 3.8) is 0 Å². The molecule has 0 spiro atoms. The van der Waals surface area contributed by atoms with Crippen molar-refractivity contribution >= 4 is 15.8 Å². The van der Waals surface area contributed by atoms with E-state index in [2.05, 4.69) is 10.2 Å². The van der Waals surface area contributed by atoms with Crippen LogP contribution in [-0.2, 0) is 10.0 Å². The number of hydrogen-bond donors (Lipinski definition) is 0. The number of nitrogens with zero attached hydrogens (tertiary/aromatic N) is 4. The number of ether oxygens (including phenoxy) is 1. The van der Waals surface area contributed by atoms with Gasteiger partial charge >= 0.3 is 0 Å². The van der Waals surface area contributed by atoms with E-state index in [-0.39, 0.29) is 6.10 Å². The molecule has 1 aromatic heterocycles. The third-order valence-electron chi connectivity index (χ3n) is 4.09. The first-order chi connectivity index (χ1) is 12.0. The highest BCUT2D eigenvalue weighted by atomic mass is 32.2. The van der Waals surface area contributed by atoms with Crippen LogP contribution in [0.3, 0.4) is 0 Å². The predicted octanol–water partition coefficient (Wildman–Crippen LogP) is 1.77. The average molecular weight is 362 g/mol. The Hall–Kier alpha value is -2.19. The Morgan fingerprint density at radius 3 is 2.52 bits per heavy atom. The summed E-state index contributed by atoms with van der Waals surface area (Å²) in [5, 5.41) is 8.14. The highest BCUT2D eigenvalue weighted by molar-refractivity contribution is 7.89. The Morgan fingerprint density at radius 2 is 1.88 bits per heavy atom. The molecule has 2 heterocycles. The standard InChI is InChI=1S/C17H22N4O3S/c1-20(2)16-10-11-17(19-18-16)24-14-7-6-12-21(13-14)25(22,23)15-8-4-3-5-9-15/h3-5,8-11,14H,6-7,12-13H2,1-2H3. The highest BCUT2D eigenvalue weighted by Crippen LogP contribution is 2.23. The van der Waals surface area contributed by atoms with Crippen molar-refractivity contribution in [3.8, 4) is 5.88 Å². The lowest BCUT2D eigenvalue weighted by Crippen LogP contribution is -2.44. The zero-order valence-electron chi connectivity index (χ0n) is 14.4. The molecule has 1 saturated heterocycles. The maximum absolute atomic E-state index is 12.7. The first-order valence-corrected chi connectivity index (χ1v) is 9.64. The van der Waals surface area contributed by atoms with Gasteiger partial charge in [0.25, 0.3) is 0 Å². The number of aromatic nitrogens is 2. The van der Waals surface area contributed by atoms with Crippen molar-refractivity contribution in [1.29, 1.82) is 0 Å². The number of piperidine rings is 1. The van der Waals surface area contributed by atoms with E-state index in [9.17, 15) is 8.42 Å². The minimum Gasteiger partial charge on any atom is -0.472 e. The molecule has 7 nitrogen and oxygen atoms in total. The van der Waals surface area contributed by atoms with Gasteiger partial charge in [0.05, 0.1) is 11.4 Å².